The third-order valence-corrected chi connectivity index (χ3v) is 2.36. The van der Waals surface area contributed by atoms with Gasteiger partial charge >= 0.3 is 5.97 Å². The summed E-state index contributed by atoms with van der Waals surface area (Å²) in [5, 5.41) is 8.58. The van der Waals surface area contributed by atoms with Gasteiger partial charge in [-0.05, 0) is 6.42 Å². The van der Waals surface area contributed by atoms with Gasteiger partial charge in [-0.25, -0.2) is 8.42 Å². The van der Waals surface area contributed by atoms with Crippen LogP contribution in [-0.4, -0.2) is 25.2 Å². The van der Waals surface area contributed by atoms with E-state index in [9.17, 15) is 13.2 Å². The predicted molar refractivity (Wildman–Crippen MR) is 45.8 cm³/mol. The number of unbranched alkanes of at least 4 members (excludes halogenated alkanes) is 1. The quantitative estimate of drug-likeness (QED) is 0.604. The first-order chi connectivity index (χ1) is 5.57. The standard InChI is InChI=1S/C7H14O4S/c1-2-3-4-6(7(8)9)5-12(10)11/h6,12H,2-5H2,1H3,(H,8,9). The highest BCUT2D eigenvalue weighted by atomic mass is 32.2. The molecule has 0 spiro atoms. The van der Waals surface area contributed by atoms with Crippen molar-refractivity contribution in [3.05, 3.63) is 0 Å². The summed E-state index contributed by atoms with van der Waals surface area (Å²) in [5.74, 6) is -1.96. The second-order valence-corrected chi connectivity index (χ2v) is 3.72. The Morgan fingerprint density at radius 2 is 2.08 bits per heavy atom. The number of hydrogen-bond acceptors (Lipinski definition) is 3. The zero-order valence-corrected chi connectivity index (χ0v) is 7.92. The molecule has 0 aromatic carbocycles. The molecule has 0 aromatic heterocycles. The number of carboxylic acid groups (broad SMARTS) is 1. The van der Waals surface area contributed by atoms with Crippen LogP contribution in [0.2, 0.25) is 0 Å². The molecular weight excluding hydrogens is 180 g/mol. The smallest absolute Gasteiger partial charge is 0.307 e. The Morgan fingerprint density at radius 3 is 2.42 bits per heavy atom. The lowest BCUT2D eigenvalue weighted by molar-refractivity contribution is -0.141. The fraction of sp³-hybridized carbons (Fsp3) is 0.857. The number of hydrogen-bond donors (Lipinski definition) is 2. The van der Waals surface area contributed by atoms with Crippen LogP contribution in [0.5, 0.6) is 0 Å². The van der Waals surface area contributed by atoms with Crippen molar-refractivity contribution < 1.29 is 18.3 Å². The van der Waals surface area contributed by atoms with Crippen LogP contribution in [0.25, 0.3) is 0 Å². The van der Waals surface area contributed by atoms with E-state index in [1.54, 1.807) is 0 Å². The number of thiol groups is 1. The molecule has 0 bridgehead atoms. The van der Waals surface area contributed by atoms with Crippen molar-refractivity contribution in [1.82, 2.24) is 0 Å². The molecule has 0 radical (unpaired) electrons. The normalized spacial score (nSPS) is 13.2. The molecule has 5 heteroatoms. The fourth-order valence-electron chi connectivity index (χ4n) is 0.923. The molecule has 0 aliphatic rings. The summed E-state index contributed by atoms with van der Waals surface area (Å²) in [7, 11) is -2.57. The van der Waals surface area contributed by atoms with Gasteiger partial charge in [-0.2, -0.15) is 0 Å². The van der Waals surface area contributed by atoms with Gasteiger partial charge in [-0.1, -0.05) is 19.8 Å². The molecule has 0 rings (SSSR count). The van der Waals surface area contributed by atoms with Crippen LogP contribution in [-0.2, 0) is 15.5 Å². The van der Waals surface area contributed by atoms with E-state index in [0.717, 1.165) is 12.8 Å². The van der Waals surface area contributed by atoms with Crippen LogP contribution in [0.15, 0.2) is 0 Å². The summed E-state index contributed by atoms with van der Waals surface area (Å²) in [6.07, 6.45) is 2.11. The molecule has 12 heavy (non-hydrogen) atoms. The molecule has 0 saturated carbocycles. The lowest BCUT2D eigenvalue weighted by Gasteiger charge is -2.06. The lowest BCUT2D eigenvalue weighted by atomic mass is 10.1. The molecule has 1 N–H and O–H groups in total. The van der Waals surface area contributed by atoms with Crippen LogP contribution >= 0.6 is 0 Å². The van der Waals surface area contributed by atoms with Crippen LogP contribution in [0.4, 0.5) is 0 Å². The summed E-state index contributed by atoms with van der Waals surface area (Å²) in [6.45, 7) is 1.94. The predicted octanol–water partition coefficient (Wildman–Crippen LogP) is 0.489. The van der Waals surface area contributed by atoms with Gasteiger partial charge in [0.1, 0.15) is 10.7 Å². The summed E-state index contributed by atoms with van der Waals surface area (Å²) >= 11 is 0. The van der Waals surface area contributed by atoms with E-state index in [1.165, 1.54) is 0 Å². The minimum absolute atomic E-state index is 0.231. The van der Waals surface area contributed by atoms with Crippen LogP contribution in [0, 0.1) is 5.92 Å². The summed E-state index contributed by atoms with van der Waals surface area (Å²) < 4.78 is 20.5. The van der Waals surface area contributed by atoms with Gasteiger partial charge in [0.15, 0.2) is 0 Å². The Hall–Kier alpha value is -0.580. The van der Waals surface area contributed by atoms with Crippen LogP contribution in [0.1, 0.15) is 26.2 Å². The van der Waals surface area contributed by atoms with Crippen molar-refractivity contribution >= 4 is 16.7 Å². The van der Waals surface area contributed by atoms with E-state index in [2.05, 4.69) is 0 Å². The molecule has 0 heterocycles. The molecule has 1 atom stereocenters. The number of carbonyl (C=O) groups is 1. The van der Waals surface area contributed by atoms with E-state index < -0.39 is 22.6 Å². The van der Waals surface area contributed by atoms with Crippen LogP contribution in [0.3, 0.4) is 0 Å². The van der Waals surface area contributed by atoms with E-state index in [1.807, 2.05) is 6.92 Å². The highest BCUT2D eigenvalue weighted by Gasteiger charge is 2.17. The molecule has 0 aliphatic carbocycles. The van der Waals surface area contributed by atoms with Crippen molar-refractivity contribution in [2.75, 3.05) is 5.75 Å². The second-order valence-electron chi connectivity index (χ2n) is 2.69. The molecule has 0 amide bonds. The Labute approximate surface area is 73.5 Å². The zero-order valence-electron chi connectivity index (χ0n) is 7.02. The minimum atomic E-state index is -2.57. The molecule has 72 valence electrons. The van der Waals surface area contributed by atoms with Crippen molar-refractivity contribution in [2.45, 2.75) is 26.2 Å². The van der Waals surface area contributed by atoms with E-state index >= 15 is 0 Å². The molecular formula is C7H14O4S. The molecule has 1 unspecified atom stereocenters. The summed E-state index contributed by atoms with van der Waals surface area (Å²) in [5.41, 5.74) is 0. The molecule has 0 fully saturated rings. The topological polar surface area (TPSA) is 71.4 Å². The Morgan fingerprint density at radius 1 is 1.50 bits per heavy atom. The number of rotatable bonds is 6. The fourth-order valence-corrected chi connectivity index (χ4v) is 1.62. The highest BCUT2D eigenvalue weighted by molar-refractivity contribution is 7.72. The monoisotopic (exact) mass is 194 g/mol. The SMILES string of the molecule is CCCCC(C[SH](=O)=O)C(=O)O. The first kappa shape index (κ1) is 11.4. The van der Waals surface area contributed by atoms with Gasteiger partial charge in [0.05, 0.1) is 11.7 Å². The van der Waals surface area contributed by atoms with Crippen molar-refractivity contribution in [2.24, 2.45) is 5.92 Å². The Bertz CT molecular complexity index is 201. The zero-order chi connectivity index (χ0) is 9.56. The maximum Gasteiger partial charge on any atom is 0.307 e. The van der Waals surface area contributed by atoms with Gasteiger partial charge in [0.2, 0.25) is 0 Å². The molecule has 0 aromatic rings. The first-order valence-electron chi connectivity index (χ1n) is 3.92. The lowest BCUT2D eigenvalue weighted by Crippen LogP contribution is -2.18. The van der Waals surface area contributed by atoms with Gasteiger partial charge in [-0.15, -0.1) is 0 Å². The van der Waals surface area contributed by atoms with Gasteiger partial charge in [0.25, 0.3) is 0 Å². The maximum atomic E-state index is 10.5. The average molecular weight is 194 g/mol. The molecule has 0 saturated heterocycles. The van der Waals surface area contributed by atoms with Crippen molar-refractivity contribution in [3.8, 4) is 0 Å². The largest absolute Gasteiger partial charge is 0.481 e. The maximum absolute atomic E-state index is 10.5. The first-order valence-corrected chi connectivity index (χ1v) is 5.28. The van der Waals surface area contributed by atoms with Gasteiger partial charge < -0.3 is 5.11 Å². The summed E-state index contributed by atoms with van der Waals surface area (Å²) in [6, 6.07) is 0. The van der Waals surface area contributed by atoms with Gasteiger partial charge in [0, 0.05) is 0 Å². The highest BCUT2D eigenvalue weighted by Crippen LogP contribution is 2.08. The Kier molecular flexibility index (Phi) is 5.70. The van der Waals surface area contributed by atoms with Crippen LogP contribution < -0.4 is 0 Å². The minimum Gasteiger partial charge on any atom is -0.481 e. The number of carboxylic acids is 1. The van der Waals surface area contributed by atoms with E-state index in [0.29, 0.717) is 6.42 Å². The van der Waals surface area contributed by atoms with E-state index in [4.69, 9.17) is 5.11 Å². The average Bonchev–Trinajstić information content (AvgIpc) is 1.96. The summed E-state index contributed by atoms with van der Waals surface area (Å²) in [4.78, 5) is 10.5. The van der Waals surface area contributed by atoms with E-state index in [-0.39, 0.29) is 5.75 Å². The Balaban J connectivity index is 3.95. The third kappa shape index (κ3) is 5.12. The van der Waals surface area contributed by atoms with Crippen molar-refractivity contribution in [1.29, 1.82) is 0 Å². The van der Waals surface area contributed by atoms with Gasteiger partial charge in [-0.3, -0.25) is 4.79 Å². The number of aliphatic carboxylic acids is 1. The molecule has 4 nitrogen and oxygen atoms in total. The van der Waals surface area contributed by atoms with Crippen molar-refractivity contribution in [3.63, 3.8) is 0 Å². The molecule has 0 aliphatic heterocycles. The second kappa shape index (κ2) is 5.99. The third-order valence-electron chi connectivity index (χ3n) is 1.62.